The number of hydrogen-bond acceptors (Lipinski definition) is 2. The van der Waals surface area contributed by atoms with Crippen molar-refractivity contribution in [1.82, 2.24) is 4.90 Å². The first kappa shape index (κ1) is 14.1. The van der Waals surface area contributed by atoms with Gasteiger partial charge in [0, 0.05) is 27.3 Å². The topological polar surface area (TPSA) is 20.3 Å². The number of nitrogens with zero attached hydrogens (tertiary/aromatic N) is 1. The molecule has 0 bridgehead atoms. The van der Waals surface area contributed by atoms with Gasteiger partial charge in [0.2, 0.25) is 0 Å². The standard InChI is InChI=1S/C13H10BrF2NOS/c1-17(6-10-5-9(14)7-19-10)13(18)8-2-3-11(15)12(16)4-8/h2-5,7H,6H2,1H3. The fraction of sp³-hybridized carbons (Fsp3) is 0.154. The zero-order valence-corrected chi connectivity index (χ0v) is 12.4. The van der Waals surface area contributed by atoms with E-state index in [0.29, 0.717) is 6.54 Å². The Morgan fingerprint density at radius 3 is 2.63 bits per heavy atom. The minimum Gasteiger partial charge on any atom is -0.337 e. The van der Waals surface area contributed by atoms with Crippen molar-refractivity contribution < 1.29 is 13.6 Å². The molecule has 1 aromatic heterocycles. The Balaban J connectivity index is 2.12. The van der Waals surface area contributed by atoms with Gasteiger partial charge < -0.3 is 4.90 Å². The molecule has 6 heteroatoms. The molecule has 1 heterocycles. The van der Waals surface area contributed by atoms with Gasteiger partial charge in [-0.2, -0.15) is 0 Å². The van der Waals surface area contributed by atoms with E-state index in [1.807, 2.05) is 11.4 Å². The summed E-state index contributed by atoms with van der Waals surface area (Å²) in [6.45, 7) is 0.425. The molecule has 0 atom stereocenters. The Kier molecular flexibility index (Phi) is 4.31. The molecule has 0 fully saturated rings. The number of amides is 1. The van der Waals surface area contributed by atoms with Crippen molar-refractivity contribution >= 4 is 33.2 Å². The number of benzene rings is 1. The van der Waals surface area contributed by atoms with Crippen molar-refractivity contribution in [3.63, 3.8) is 0 Å². The number of carbonyl (C=O) groups excluding carboxylic acids is 1. The van der Waals surface area contributed by atoms with E-state index in [1.165, 1.54) is 22.3 Å². The van der Waals surface area contributed by atoms with E-state index < -0.39 is 11.6 Å². The summed E-state index contributed by atoms with van der Waals surface area (Å²) in [5, 5.41) is 1.92. The van der Waals surface area contributed by atoms with E-state index in [-0.39, 0.29) is 11.5 Å². The van der Waals surface area contributed by atoms with Crippen molar-refractivity contribution in [3.05, 3.63) is 56.2 Å². The molecule has 2 nitrogen and oxygen atoms in total. The maximum Gasteiger partial charge on any atom is 0.254 e. The minimum atomic E-state index is -1.02. The van der Waals surface area contributed by atoms with Crippen LogP contribution in [0, 0.1) is 11.6 Å². The Labute approximate surface area is 121 Å². The second kappa shape index (κ2) is 5.79. The van der Waals surface area contributed by atoms with Gasteiger partial charge in [-0.15, -0.1) is 11.3 Å². The van der Waals surface area contributed by atoms with Crippen LogP contribution in [0.25, 0.3) is 0 Å². The molecule has 0 radical (unpaired) electrons. The summed E-state index contributed by atoms with van der Waals surface area (Å²) < 4.78 is 26.9. The Morgan fingerprint density at radius 1 is 1.32 bits per heavy atom. The predicted molar refractivity (Wildman–Crippen MR) is 74.2 cm³/mol. The van der Waals surface area contributed by atoms with Gasteiger partial charge in [0.1, 0.15) is 0 Å². The van der Waals surface area contributed by atoms with E-state index >= 15 is 0 Å². The summed E-state index contributed by atoms with van der Waals surface area (Å²) in [5.41, 5.74) is 0.136. The molecule has 1 aromatic carbocycles. The van der Waals surface area contributed by atoms with Crippen LogP contribution in [0.1, 0.15) is 15.2 Å². The lowest BCUT2D eigenvalue weighted by Gasteiger charge is -2.16. The van der Waals surface area contributed by atoms with Crippen molar-refractivity contribution in [2.24, 2.45) is 0 Å². The second-order valence-electron chi connectivity index (χ2n) is 4.02. The molecule has 0 aliphatic heterocycles. The van der Waals surface area contributed by atoms with Gasteiger partial charge in [-0.05, 0) is 40.2 Å². The molecule has 0 saturated carbocycles. The van der Waals surface area contributed by atoms with Crippen LogP contribution in [-0.4, -0.2) is 17.9 Å². The molecule has 2 aromatic rings. The molecule has 0 N–H and O–H groups in total. The molecular formula is C13H10BrF2NOS. The average molecular weight is 346 g/mol. The number of rotatable bonds is 3. The highest BCUT2D eigenvalue weighted by Crippen LogP contribution is 2.21. The zero-order valence-electron chi connectivity index (χ0n) is 9.99. The predicted octanol–water partition coefficient (Wildman–Crippen LogP) is 4.06. The highest BCUT2D eigenvalue weighted by molar-refractivity contribution is 9.10. The molecule has 0 unspecified atom stereocenters. The maximum atomic E-state index is 13.1. The molecular weight excluding hydrogens is 336 g/mol. The van der Waals surface area contributed by atoms with Crippen molar-refractivity contribution in [2.75, 3.05) is 7.05 Å². The quantitative estimate of drug-likeness (QED) is 0.821. The van der Waals surface area contributed by atoms with E-state index in [1.54, 1.807) is 7.05 Å². The zero-order chi connectivity index (χ0) is 14.0. The van der Waals surface area contributed by atoms with Crippen LogP contribution in [0.4, 0.5) is 8.78 Å². The summed E-state index contributed by atoms with van der Waals surface area (Å²) in [6, 6.07) is 5.07. The van der Waals surface area contributed by atoms with Crippen LogP contribution < -0.4 is 0 Å². The lowest BCUT2D eigenvalue weighted by molar-refractivity contribution is 0.0786. The molecule has 100 valence electrons. The minimum absolute atomic E-state index is 0.136. The van der Waals surface area contributed by atoms with Gasteiger partial charge in [-0.3, -0.25) is 4.79 Å². The summed E-state index contributed by atoms with van der Waals surface area (Å²) in [7, 11) is 1.62. The first-order valence-corrected chi connectivity index (χ1v) is 7.08. The third kappa shape index (κ3) is 3.39. The number of carbonyl (C=O) groups is 1. The monoisotopic (exact) mass is 345 g/mol. The summed E-state index contributed by atoms with van der Waals surface area (Å²) in [6.07, 6.45) is 0. The maximum absolute atomic E-state index is 13.1. The SMILES string of the molecule is CN(Cc1cc(Br)cs1)C(=O)c1ccc(F)c(F)c1. The van der Waals surface area contributed by atoms with Gasteiger partial charge in [0.05, 0.1) is 6.54 Å². The summed E-state index contributed by atoms with van der Waals surface area (Å²) in [4.78, 5) is 14.5. The van der Waals surface area contributed by atoms with Crippen LogP contribution in [0.5, 0.6) is 0 Å². The average Bonchev–Trinajstić information content (AvgIpc) is 2.77. The van der Waals surface area contributed by atoms with Gasteiger partial charge >= 0.3 is 0 Å². The van der Waals surface area contributed by atoms with Crippen LogP contribution >= 0.6 is 27.3 Å². The molecule has 19 heavy (non-hydrogen) atoms. The highest BCUT2D eigenvalue weighted by Gasteiger charge is 2.15. The van der Waals surface area contributed by atoms with Crippen molar-refractivity contribution in [1.29, 1.82) is 0 Å². The van der Waals surface area contributed by atoms with E-state index in [0.717, 1.165) is 21.5 Å². The van der Waals surface area contributed by atoms with Crippen LogP contribution in [0.15, 0.2) is 34.1 Å². The number of halogens is 3. The third-order valence-corrected chi connectivity index (χ3v) is 4.21. The van der Waals surface area contributed by atoms with E-state index in [9.17, 15) is 13.6 Å². The molecule has 0 saturated heterocycles. The lowest BCUT2D eigenvalue weighted by Crippen LogP contribution is -2.25. The van der Waals surface area contributed by atoms with Gasteiger partial charge in [0.15, 0.2) is 11.6 Å². The van der Waals surface area contributed by atoms with Crippen molar-refractivity contribution in [2.45, 2.75) is 6.54 Å². The first-order chi connectivity index (χ1) is 8.97. The van der Waals surface area contributed by atoms with Gasteiger partial charge in [-0.25, -0.2) is 8.78 Å². The molecule has 1 amide bonds. The second-order valence-corrected chi connectivity index (χ2v) is 5.93. The van der Waals surface area contributed by atoms with Crippen LogP contribution in [0.2, 0.25) is 0 Å². The van der Waals surface area contributed by atoms with Gasteiger partial charge in [-0.1, -0.05) is 0 Å². The largest absolute Gasteiger partial charge is 0.337 e. The third-order valence-electron chi connectivity index (χ3n) is 2.53. The lowest BCUT2D eigenvalue weighted by atomic mass is 10.2. The Morgan fingerprint density at radius 2 is 2.05 bits per heavy atom. The molecule has 2 rings (SSSR count). The molecule has 0 aliphatic carbocycles. The number of hydrogen-bond donors (Lipinski definition) is 0. The number of thiophene rings is 1. The molecule has 0 aliphatic rings. The summed E-state index contributed by atoms with van der Waals surface area (Å²) >= 11 is 4.86. The van der Waals surface area contributed by atoms with Crippen LogP contribution in [-0.2, 0) is 6.54 Å². The Bertz CT molecular complexity index is 614. The van der Waals surface area contributed by atoms with Crippen molar-refractivity contribution in [3.8, 4) is 0 Å². The highest BCUT2D eigenvalue weighted by atomic mass is 79.9. The normalized spacial score (nSPS) is 10.5. The van der Waals surface area contributed by atoms with E-state index in [4.69, 9.17) is 0 Å². The Hall–Kier alpha value is -1.27. The van der Waals surface area contributed by atoms with Crippen LogP contribution in [0.3, 0.4) is 0 Å². The van der Waals surface area contributed by atoms with Gasteiger partial charge in [0.25, 0.3) is 5.91 Å². The van der Waals surface area contributed by atoms with E-state index in [2.05, 4.69) is 15.9 Å². The fourth-order valence-electron chi connectivity index (χ4n) is 1.59. The smallest absolute Gasteiger partial charge is 0.254 e. The fourth-order valence-corrected chi connectivity index (χ4v) is 3.10. The molecule has 0 spiro atoms. The first-order valence-electron chi connectivity index (χ1n) is 5.41. The summed E-state index contributed by atoms with van der Waals surface area (Å²) in [5.74, 6) is -2.32.